The molecule has 0 radical (unpaired) electrons. The number of hydrogen-bond donors (Lipinski definition) is 1. The maximum atomic E-state index is 11.6. The number of aromatic amines is 1. The molecule has 0 fully saturated rings. The molecule has 0 aliphatic heterocycles. The van der Waals surface area contributed by atoms with Crippen LogP contribution < -0.4 is 0 Å². The van der Waals surface area contributed by atoms with Crippen LogP contribution in [0.2, 0.25) is 0 Å². The molecular formula is C14H14N4O2S. The van der Waals surface area contributed by atoms with Crippen LogP contribution in [-0.4, -0.2) is 38.0 Å². The van der Waals surface area contributed by atoms with Gasteiger partial charge in [0, 0.05) is 10.9 Å². The molecule has 0 saturated carbocycles. The summed E-state index contributed by atoms with van der Waals surface area (Å²) in [6, 6.07) is 7.83. The van der Waals surface area contributed by atoms with Gasteiger partial charge < -0.3 is 9.72 Å². The number of thioether (sulfide) groups is 1. The zero-order valence-electron chi connectivity index (χ0n) is 11.7. The van der Waals surface area contributed by atoms with Gasteiger partial charge in [0.1, 0.15) is 10.8 Å². The summed E-state index contributed by atoms with van der Waals surface area (Å²) in [6.45, 7) is 3.91. The van der Waals surface area contributed by atoms with Gasteiger partial charge in [-0.25, -0.2) is 4.98 Å². The molecule has 0 aliphatic carbocycles. The van der Waals surface area contributed by atoms with Crippen molar-refractivity contribution in [3.8, 4) is 0 Å². The summed E-state index contributed by atoms with van der Waals surface area (Å²) in [5.41, 5.74) is 2.37. The molecule has 7 heteroatoms. The van der Waals surface area contributed by atoms with E-state index in [1.807, 2.05) is 24.3 Å². The molecule has 0 aliphatic rings. The Bertz CT molecular complexity index is 802. The summed E-state index contributed by atoms with van der Waals surface area (Å²) in [6.07, 6.45) is 0. The molecule has 2 aromatic heterocycles. The van der Waals surface area contributed by atoms with Gasteiger partial charge in [-0.15, -0.1) is 10.2 Å². The van der Waals surface area contributed by atoms with E-state index >= 15 is 0 Å². The first kappa shape index (κ1) is 13.8. The number of carbonyl (C=O) groups is 1. The van der Waals surface area contributed by atoms with Crippen LogP contribution in [0.1, 0.15) is 13.8 Å². The minimum atomic E-state index is -0.367. The highest BCUT2D eigenvalue weighted by Crippen LogP contribution is 2.25. The lowest BCUT2D eigenvalue weighted by Gasteiger charge is -2.08. The summed E-state index contributed by atoms with van der Waals surface area (Å²) < 4.78 is 4.97. The molecule has 0 unspecified atom stereocenters. The molecular weight excluding hydrogens is 288 g/mol. The van der Waals surface area contributed by atoms with Gasteiger partial charge in [0.15, 0.2) is 5.65 Å². The van der Waals surface area contributed by atoms with Crippen molar-refractivity contribution in [3.63, 3.8) is 0 Å². The second-order valence-electron chi connectivity index (χ2n) is 4.47. The molecule has 21 heavy (non-hydrogen) atoms. The Morgan fingerprint density at radius 2 is 2.19 bits per heavy atom. The Kier molecular flexibility index (Phi) is 3.74. The van der Waals surface area contributed by atoms with E-state index in [-0.39, 0.29) is 11.2 Å². The van der Waals surface area contributed by atoms with Gasteiger partial charge in [-0.2, -0.15) is 0 Å². The predicted octanol–water partition coefficient (Wildman–Crippen LogP) is 2.55. The van der Waals surface area contributed by atoms with Crippen LogP contribution in [-0.2, 0) is 9.53 Å². The average molecular weight is 302 g/mol. The summed E-state index contributed by atoms with van der Waals surface area (Å²) in [4.78, 5) is 19.2. The third-order valence-electron chi connectivity index (χ3n) is 3.00. The van der Waals surface area contributed by atoms with Crippen LogP contribution >= 0.6 is 11.8 Å². The highest BCUT2D eigenvalue weighted by Gasteiger charge is 2.18. The Balaban J connectivity index is 1.91. The van der Waals surface area contributed by atoms with E-state index in [0.717, 1.165) is 16.4 Å². The monoisotopic (exact) mass is 302 g/mol. The Morgan fingerprint density at radius 3 is 3.00 bits per heavy atom. The van der Waals surface area contributed by atoms with Crippen LogP contribution in [0.5, 0.6) is 0 Å². The average Bonchev–Trinajstić information content (AvgIpc) is 2.85. The van der Waals surface area contributed by atoms with E-state index in [1.54, 1.807) is 13.8 Å². The van der Waals surface area contributed by atoms with Gasteiger partial charge >= 0.3 is 5.97 Å². The van der Waals surface area contributed by atoms with Crippen molar-refractivity contribution in [2.45, 2.75) is 24.3 Å². The summed E-state index contributed by atoms with van der Waals surface area (Å²) >= 11 is 1.24. The van der Waals surface area contributed by atoms with E-state index in [4.69, 9.17) is 4.74 Å². The molecule has 2 heterocycles. The second-order valence-corrected chi connectivity index (χ2v) is 5.78. The fraction of sp³-hybridized carbons (Fsp3) is 0.286. The minimum Gasteiger partial charge on any atom is -0.465 e. The topological polar surface area (TPSA) is 80.8 Å². The van der Waals surface area contributed by atoms with Crippen molar-refractivity contribution in [1.29, 1.82) is 0 Å². The molecule has 3 rings (SSSR count). The molecule has 0 spiro atoms. The van der Waals surface area contributed by atoms with E-state index < -0.39 is 0 Å². The molecule has 3 aromatic rings. The summed E-state index contributed by atoms with van der Waals surface area (Å²) in [5.74, 6) is -0.275. The normalized spacial score (nSPS) is 12.7. The fourth-order valence-corrected chi connectivity index (χ4v) is 2.73. The van der Waals surface area contributed by atoms with Crippen LogP contribution in [0.4, 0.5) is 0 Å². The Labute approximate surface area is 125 Å². The third kappa shape index (κ3) is 2.69. The lowest BCUT2D eigenvalue weighted by molar-refractivity contribution is -0.142. The third-order valence-corrected chi connectivity index (χ3v) is 3.93. The number of benzene rings is 1. The standard InChI is InChI=1S/C14H14N4O2S/c1-3-20-13(19)8(2)21-14-16-12-11(17-18-14)9-6-4-5-7-10(9)15-12/h4-8H,3H2,1-2H3,(H,15,16,18)/t8-/m0/s1. The lowest BCUT2D eigenvalue weighted by Crippen LogP contribution is -2.17. The van der Waals surface area contributed by atoms with Crippen molar-refractivity contribution in [3.05, 3.63) is 24.3 Å². The van der Waals surface area contributed by atoms with Gasteiger partial charge in [0.25, 0.3) is 0 Å². The molecule has 108 valence electrons. The van der Waals surface area contributed by atoms with E-state index in [2.05, 4.69) is 20.2 Å². The zero-order valence-corrected chi connectivity index (χ0v) is 12.5. The summed E-state index contributed by atoms with van der Waals surface area (Å²) in [7, 11) is 0. The van der Waals surface area contributed by atoms with E-state index in [1.165, 1.54) is 11.8 Å². The van der Waals surface area contributed by atoms with Gasteiger partial charge in [-0.05, 0) is 19.9 Å². The fourth-order valence-electron chi connectivity index (χ4n) is 2.02. The largest absolute Gasteiger partial charge is 0.465 e. The summed E-state index contributed by atoms with van der Waals surface area (Å²) in [5, 5.41) is 9.37. The maximum Gasteiger partial charge on any atom is 0.319 e. The maximum absolute atomic E-state index is 11.6. The number of carbonyl (C=O) groups excluding carboxylic acids is 1. The Morgan fingerprint density at radius 1 is 1.38 bits per heavy atom. The van der Waals surface area contributed by atoms with Crippen LogP contribution in [0, 0.1) is 0 Å². The molecule has 0 bridgehead atoms. The van der Waals surface area contributed by atoms with Crippen molar-refractivity contribution in [2.24, 2.45) is 0 Å². The first-order valence-electron chi connectivity index (χ1n) is 6.63. The first-order chi connectivity index (χ1) is 10.2. The SMILES string of the molecule is CCOC(=O)[C@H](C)Sc1nnc2c(n1)[nH]c1ccccc12. The van der Waals surface area contributed by atoms with Crippen molar-refractivity contribution < 1.29 is 9.53 Å². The van der Waals surface area contributed by atoms with Crippen LogP contribution in [0.15, 0.2) is 29.4 Å². The quantitative estimate of drug-likeness (QED) is 0.589. The van der Waals surface area contributed by atoms with Gasteiger partial charge in [-0.3, -0.25) is 4.79 Å². The van der Waals surface area contributed by atoms with Gasteiger partial charge in [-0.1, -0.05) is 30.0 Å². The van der Waals surface area contributed by atoms with Crippen molar-refractivity contribution >= 4 is 39.8 Å². The molecule has 0 amide bonds. The van der Waals surface area contributed by atoms with Crippen LogP contribution in [0.3, 0.4) is 0 Å². The number of nitrogens with one attached hydrogen (secondary N) is 1. The molecule has 1 N–H and O–H groups in total. The number of ether oxygens (including phenoxy) is 1. The number of aromatic nitrogens is 4. The lowest BCUT2D eigenvalue weighted by atomic mass is 10.2. The molecule has 0 saturated heterocycles. The number of hydrogen-bond acceptors (Lipinski definition) is 6. The first-order valence-corrected chi connectivity index (χ1v) is 7.51. The highest BCUT2D eigenvalue weighted by molar-refractivity contribution is 8.00. The van der Waals surface area contributed by atoms with Gasteiger partial charge in [0.05, 0.1) is 6.61 Å². The van der Waals surface area contributed by atoms with Crippen molar-refractivity contribution in [1.82, 2.24) is 20.2 Å². The van der Waals surface area contributed by atoms with E-state index in [9.17, 15) is 4.79 Å². The number of nitrogens with zero attached hydrogens (tertiary/aromatic N) is 3. The smallest absolute Gasteiger partial charge is 0.319 e. The molecule has 6 nitrogen and oxygen atoms in total. The predicted molar refractivity (Wildman–Crippen MR) is 81.1 cm³/mol. The van der Waals surface area contributed by atoms with Crippen molar-refractivity contribution in [2.75, 3.05) is 6.61 Å². The van der Waals surface area contributed by atoms with Crippen LogP contribution in [0.25, 0.3) is 22.1 Å². The second kappa shape index (κ2) is 5.69. The number of para-hydroxylation sites is 1. The highest BCUT2D eigenvalue weighted by atomic mass is 32.2. The minimum absolute atomic E-state index is 0.275. The van der Waals surface area contributed by atoms with Gasteiger partial charge in [0.2, 0.25) is 5.16 Å². The molecule has 1 atom stereocenters. The zero-order chi connectivity index (χ0) is 14.8. The number of rotatable bonds is 4. The molecule has 1 aromatic carbocycles. The van der Waals surface area contributed by atoms with E-state index in [0.29, 0.717) is 17.4 Å². The number of H-pyrrole nitrogens is 1. The number of esters is 1. The Hall–Kier alpha value is -2.15. The number of fused-ring (bicyclic) bond motifs is 3.